The van der Waals surface area contributed by atoms with E-state index in [1.807, 2.05) is 6.92 Å². The second kappa shape index (κ2) is 6.76. The number of aryl methyl sites for hydroxylation is 1. The van der Waals surface area contributed by atoms with Crippen LogP contribution in [0.1, 0.15) is 11.5 Å². The van der Waals surface area contributed by atoms with Gasteiger partial charge >= 0.3 is 0 Å². The van der Waals surface area contributed by atoms with Crippen LogP contribution in [0.15, 0.2) is 68.7 Å². The molecule has 136 valence electrons. The van der Waals surface area contributed by atoms with Crippen molar-refractivity contribution in [2.75, 3.05) is 0 Å². The van der Waals surface area contributed by atoms with Gasteiger partial charge in [-0.2, -0.15) is 0 Å². The number of benzene rings is 1. The summed E-state index contributed by atoms with van der Waals surface area (Å²) in [4.78, 5) is 4.15. The molecule has 0 fully saturated rings. The number of nitrogens with zero attached hydrogens (tertiary/aromatic N) is 4. The van der Waals surface area contributed by atoms with Crippen LogP contribution in [0.3, 0.4) is 0 Å². The minimum atomic E-state index is -3.58. The maximum Gasteiger partial charge on any atom is 0.269 e. The molecule has 0 saturated heterocycles. The van der Waals surface area contributed by atoms with Crippen molar-refractivity contribution in [3.8, 4) is 22.9 Å². The van der Waals surface area contributed by atoms with E-state index in [0.717, 1.165) is 11.1 Å². The predicted molar refractivity (Wildman–Crippen MR) is 95.1 cm³/mol. The molecule has 4 rings (SSSR count). The summed E-state index contributed by atoms with van der Waals surface area (Å²) < 4.78 is 35.7. The second-order valence-electron chi connectivity index (χ2n) is 5.89. The normalized spacial score (nSPS) is 11.6. The van der Waals surface area contributed by atoms with Crippen molar-refractivity contribution in [3.05, 3.63) is 66.3 Å². The molecule has 0 aliphatic heterocycles. The van der Waals surface area contributed by atoms with Crippen LogP contribution in [0.4, 0.5) is 0 Å². The molecular formula is C18H14N4O4S. The molecule has 0 unspecified atom stereocenters. The zero-order valence-electron chi connectivity index (χ0n) is 14.2. The van der Waals surface area contributed by atoms with Crippen LogP contribution in [0, 0.1) is 6.92 Å². The molecule has 0 N–H and O–H groups in total. The van der Waals surface area contributed by atoms with E-state index < -0.39 is 15.6 Å². The summed E-state index contributed by atoms with van der Waals surface area (Å²) in [6.07, 6.45) is 3.27. The molecule has 8 nitrogen and oxygen atoms in total. The topological polar surface area (TPSA) is 112 Å². The van der Waals surface area contributed by atoms with E-state index in [1.165, 1.54) is 0 Å². The molecule has 0 atom stereocenters. The van der Waals surface area contributed by atoms with Crippen LogP contribution in [-0.4, -0.2) is 28.8 Å². The van der Waals surface area contributed by atoms with Crippen molar-refractivity contribution < 1.29 is 17.4 Å². The average molecular weight is 382 g/mol. The minimum absolute atomic E-state index is 0.0148. The van der Waals surface area contributed by atoms with Crippen molar-refractivity contribution in [1.29, 1.82) is 0 Å². The number of hydrogen-bond acceptors (Lipinski definition) is 8. The van der Waals surface area contributed by atoms with Gasteiger partial charge in [-0.05, 0) is 31.2 Å². The Hall–Kier alpha value is -3.33. The Bertz CT molecular complexity index is 1170. The van der Waals surface area contributed by atoms with E-state index in [-0.39, 0.29) is 16.7 Å². The van der Waals surface area contributed by atoms with Gasteiger partial charge in [0.25, 0.3) is 5.89 Å². The molecule has 1 aromatic carbocycles. The molecular weight excluding hydrogens is 368 g/mol. The van der Waals surface area contributed by atoms with Crippen LogP contribution in [0.2, 0.25) is 0 Å². The van der Waals surface area contributed by atoms with Crippen molar-refractivity contribution >= 4 is 9.84 Å². The molecule has 3 heterocycles. The van der Waals surface area contributed by atoms with Crippen molar-refractivity contribution in [2.24, 2.45) is 0 Å². The van der Waals surface area contributed by atoms with Crippen LogP contribution >= 0.6 is 0 Å². The Morgan fingerprint density at radius 3 is 2.48 bits per heavy atom. The highest BCUT2D eigenvalue weighted by Crippen LogP contribution is 2.25. The number of aromatic nitrogens is 4. The molecule has 0 amide bonds. The van der Waals surface area contributed by atoms with E-state index in [9.17, 15) is 8.42 Å². The molecule has 0 saturated carbocycles. The van der Waals surface area contributed by atoms with Gasteiger partial charge in [-0.1, -0.05) is 22.9 Å². The minimum Gasteiger partial charge on any atom is -0.418 e. The van der Waals surface area contributed by atoms with Crippen molar-refractivity contribution in [3.63, 3.8) is 0 Å². The maximum absolute atomic E-state index is 12.5. The van der Waals surface area contributed by atoms with Gasteiger partial charge in [0.2, 0.25) is 5.89 Å². The Kier molecular flexibility index (Phi) is 4.28. The molecule has 0 aliphatic rings. The lowest BCUT2D eigenvalue weighted by Gasteiger charge is -2.01. The van der Waals surface area contributed by atoms with E-state index in [1.54, 1.807) is 54.9 Å². The lowest BCUT2D eigenvalue weighted by atomic mass is 10.2. The SMILES string of the molecule is Cc1ccc(S(=O)(=O)Cc2nnc(-c3cc(-c4ccncc4)on3)o2)cc1. The van der Waals surface area contributed by atoms with Crippen LogP contribution in [-0.2, 0) is 15.6 Å². The average Bonchev–Trinajstić information content (AvgIpc) is 3.32. The van der Waals surface area contributed by atoms with E-state index in [0.29, 0.717) is 11.5 Å². The van der Waals surface area contributed by atoms with Crippen molar-refractivity contribution in [2.45, 2.75) is 17.6 Å². The van der Waals surface area contributed by atoms with E-state index in [4.69, 9.17) is 8.94 Å². The summed E-state index contributed by atoms with van der Waals surface area (Å²) in [5, 5.41) is 11.6. The summed E-state index contributed by atoms with van der Waals surface area (Å²) >= 11 is 0. The van der Waals surface area contributed by atoms with Crippen LogP contribution in [0.5, 0.6) is 0 Å². The largest absolute Gasteiger partial charge is 0.418 e. The monoisotopic (exact) mass is 382 g/mol. The van der Waals surface area contributed by atoms with E-state index >= 15 is 0 Å². The third kappa shape index (κ3) is 3.63. The lowest BCUT2D eigenvalue weighted by molar-refractivity contribution is 0.429. The zero-order valence-corrected chi connectivity index (χ0v) is 15.0. The molecule has 0 spiro atoms. The van der Waals surface area contributed by atoms with Gasteiger partial charge in [0.1, 0.15) is 5.75 Å². The molecule has 27 heavy (non-hydrogen) atoms. The Morgan fingerprint density at radius 2 is 1.74 bits per heavy atom. The molecule has 3 aromatic heterocycles. The zero-order chi connectivity index (χ0) is 18.9. The Balaban J connectivity index is 1.55. The van der Waals surface area contributed by atoms with E-state index in [2.05, 4.69) is 20.3 Å². The summed E-state index contributed by atoms with van der Waals surface area (Å²) in [6.45, 7) is 1.89. The molecule has 0 radical (unpaired) electrons. The fourth-order valence-electron chi connectivity index (χ4n) is 2.44. The molecule has 4 aromatic rings. The molecule has 0 bridgehead atoms. The Labute approximate surface area is 154 Å². The highest BCUT2D eigenvalue weighted by Gasteiger charge is 2.21. The fraction of sp³-hybridized carbons (Fsp3) is 0.111. The first kappa shape index (κ1) is 17.1. The van der Waals surface area contributed by atoms with Crippen LogP contribution in [0.25, 0.3) is 22.9 Å². The maximum atomic E-state index is 12.5. The van der Waals surface area contributed by atoms with Gasteiger partial charge in [0.15, 0.2) is 21.3 Å². The highest BCUT2D eigenvalue weighted by molar-refractivity contribution is 7.90. The second-order valence-corrected chi connectivity index (χ2v) is 7.87. The summed E-state index contributed by atoms with van der Waals surface area (Å²) in [6, 6.07) is 11.8. The molecule has 0 aliphatic carbocycles. The van der Waals surface area contributed by atoms with Gasteiger partial charge < -0.3 is 8.94 Å². The first-order chi connectivity index (χ1) is 13.0. The number of rotatable bonds is 5. The number of sulfone groups is 1. The highest BCUT2D eigenvalue weighted by atomic mass is 32.2. The number of pyridine rings is 1. The summed E-state index contributed by atoms with van der Waals surface area (Å²) in [5.41, 5.74) is 2.10. The summed E-state index contributed by atoms with van der Waals surface area (Å²) in [5.74, 6) is 0.199. The van der Waals surface area contributed by atoms with Gasteiger partial charge in [-0.3, -0.25) is 4.98 Å². The molecule has 9 heteroatoms. The quantitative estimate of drug-likeness (QED) is 0.518. The third-order valence-electron chi connectivity index (χ3n) is 3.85. The van der Waals surface area contributed by atoms with Crippen LogP contribution < -0.4 is 0 Å². The lowest BCUT2D eigenvalue weighted by Crippen LogP contribution is -2.05. The third-order valence-corrected chi connectivity index (χ3v) is 5.47. The van der Waals surface area contributed by atoms with Gasteiger partial charge in [0, 0.05) is 24.0 Å². The fourth-order valence-corrected chi connectivity index (χ4v) is 3.59. The van der Waals surface area contributed by atoms with Gasteiger partial charge in [-0.25, -0.2) is 8.42 Å². The van der Waals surface area contributed by atoms with Gasteiger partial charge in [-0.15, -0.1) is 10.2 Å². The first-order valence-electron chi connectivity index (χ1n) is 8.00. The van der Waals surface area contributed by atoms with Crippen molar-refractivity contribution in [1.82, 2.24) is 20.3 Å². The Morgan fingerprint density at radius 1 is 1.00 bits per heavy atom. The van der Waals surface area contributed by atoms with Gasteiger partial charge in [0.05, 0.1) is 4.90 Å². The smallest absolute Gasteiger partial charge is 0.269 e. The standard InChI is InChI=1S/C18H14N4O4S/c1-12-2-4-14(5-3-12)27(23,24)11-17-20-21-18(25-17)15-10-16(26-22-15)13-6-8-19-9-7-13/h2-10H,11H2,1H3. The predicted octanol–water partition coefficient (Wildman–Crippen LogP) is 3.07. The summed E-state index contributed by atoms with van der Waals surface area (Å²) in [7, 11) is -3.58. The number of hydrogen-bond donors (Lipinski definition) is 0. The first-order valence-corrected chi connectivity index (χ1v) is 9.66.